The van der Waals surface area contributed by atoms with Gasteiger partial charge in [-0.2, -0.15) is 0 Å². The predicted molar refractivity (Wildman–Crippen MR) is 115 cm³/mol. The monoisotopic (exact) mass is 436 g/mol. The summed E-state index contributed by atoms with van der Waals surface area (Å²) in [4.78, 5) is 25.1. The molecule has 4 nitrogen and oxygen atoms in total. The van der Waals surface area contributed by atoms with Crippen molar-refractivity contribution in [1.29, 1.82) is 0 Å². The lowest BCUT2D eigenvalue weighted by Gasteiger charge is -2.17. The van der Waals surface area contributed by atoms with Crippen LogP contribution >= 0.6 is 12.4 Å². The molecule has 0 aliphatic carbocycles. The molecule has 2 N–H and O–H groups in total. The van der Waals surface area contributed by atoms with Crippen LogP contribution in [0, 0.1) is 23.5 Å². The number of hydrogen-bond donors (Lipinski definition) is 2. The number of carbonyl (C=O) groups is 2. The Morgan fingerprint density at radius 1 is 0.867 bits per heavy atom. The zero-order chi connectivity index (χ0) is 20.6. The molecule has 162 valence electrons. The molecule has 2 aromatic carbocycles. The van der Waals surface area contributed by atoms with Crippen molar-refractivity contribution in [3.63, 3.8) is 0 Å². The van der Waals surface area contributed by atoms with Gasteiger partial charge in [-0.05, 0) is 54.7 Å². The van der Waals surface area contributed by atoms with Gasteiger partial charge in [-0.3, -0.25) is 9.59 Å². The summed E-state index contributed by atoms with van der Waals surface area (Å²) in [6.45, 7) is 1.47. The Balaban J connectivity index is 0.00000320. The van der Waals surface area contributed by atoms with E-state index in [4.69, 9.17) is 0 Å². The maximum absolute atomic E-state index is 12.9. The highest BCUT2D eigenvalue weighted by molar-refractivity contribution is 5.89. The molecule has 0 aromatic heterocycles. The average molecular weight is 437 g/mol. The van der Waals surface area contributed by atoms with Gasteiger partial charge in [-0.15, -0.1) is 12.4 Å². The van der Waals surface area contributed by atoms with Crippen molar-refractivity contribution in [2.75, 3.05) is 19.6 Å². The summed E-state index contributed by atoms with van der Waals surface area (Å²) in [6.07, 6.45) is 2.41. The van der Waals surface area contributed by atoms with Gasteiger partial charge in [-0.1, -0.05) is 24.3 Å². The van der Waals surface area contributed by atoms with E-state index < -0.39 is 0 Å². The summed E-state index contributed by atoms with van der Waals surface area (Å²) in [5.74, 6) is -1.24. The first-order chi connectivity index (χ1) is 14.0. The molecular weight excluding hydrogens is 410 g/mol. The predicted octanol–water partition coefficient (Wildman–Crippen LogP) is 3.47. The number of halogens is 3. The van der Waals surface area contributed by atoms with Gasteiger partial charge in [0.1, 0.15) is 17.4 Å². The Kier molecular flexibility index (Phi) is 9.40. The van der Waals surface area contributed by atoms with Gasteiger partial charge in [0, 0.05) is 32.0 Å². The largest absolute Gasteiger partial charge is 0.355 e. The molecule has 3 rings (SSSR count). The first-order valence-electron chi connectivity index (χ1n) is 10.0. The second kappa shape index (κ2) is 11.8. The minimum absolute atomic E-state index is 0. The number of amides is 1. The van der Waals surface area contributed by atoms with Crippen LogP contribution in [-0.4, -0.2) is 31.3 Å². The number of ketones is 1. The van der Waals surface area contributed by atoms with E-state index in [9.17, 15) is 18.4 Å². The van der Waals surface area contributed by atoms with Gasteiger partial charge in [0.15, 0.2) is 0 Å². The van der Waals surface area contributed by atoms with Gasteiger partial charge in [-0.25, -0.2) is 8.78 Å². The number of rotatable bonds is 9. The van der Waals surface area contributed by atoms with Crippen LogP contribution in [-0.2, 0) is 22.4 Å². The summed E-state index contributed by atoms with van der Waals surface area (Å²) < 4.78 is 25.9. The zero-order valence-electron chi connectivity index (χ0n) is 16.7. The van der Waals surface area contributed by atoms with E-state index in [0.29, 0.717) is 45.3 Å². The Labute approximate surface area is 181 Å². The van der Waals surface area contributed by atoms with Crippen molar-refractivity contribution in [3.8, 4) is 0 Å². The van der Waals surface area contributed by atoms with E-state index in [1.165, 1.54) is 24.3 Å². The fourth-order valence-electron chi connectivity index (χ4n) is 3.71. The van der Waals surface area contributed by atoms with Gasteiger partial charge >= 0.3 is 0 Å². The lowest BCUT2D eigenvalue weighted by atomic mass is 9.88. The van der Waals surface area contributed by atoms with Crippen LogP contribution in [0.5, 0.6) is 0 Å². The van der Waals surface area contributed by atoms with Gasteiger partial charge in [0.2, 0.25) is 5.91 Å². The fraction of sp³-hybridized carbons (Fsp3) is 0.391. The molecule has 2 aromatic rings. The van der Waals surface area contributed by atoms with Gasteiger partial charge in [0.05, 0.1) is 5.92 Å². The third-order valence-electron chi connectivity index (χ3n) is 5.39. The molecule has 7 heteroatoms. The molecule has 1 amide bonds. The smallest absolute Gasteiger partial charge is 0.225 e. The molecular formula is C23H27ClF2N2O2. The molecule has 1 heterocycles. The molecule has 0 unspecified atom stereocenters. The highest BCUT2D eigenvalue weighted by Gasteiger charge is 2.36. The van der Waals surface area contributed by atoms with Crippen molar-refractivity contribution in [3.05, 3.63) is 71.3 Å². The topological polar surface area (TPSA) is 58.2 Å². The van der Waals surface area contributed by atoms with Crippen molar-refractivity contribution >= 4 is 24.1 Å². The minimum atomic E-state index is -0.360. The van der Waals surface area contributed by atoms with E-state index >= 15 is 0 Å². The molecule has 1 aliphatic rings. The number of carbonyl (C=O) groups excluding carboxylic acids is 2. The van der Waals surface area contributed by atoms with Crippen LogP contribution in [0.2, 0.25) is 0 Å². The Bertz CT molecular complexity index is 759. The Morgan fingerprint density at radius 2 is 1.40 bits per heavy atom. The SMILES string of the molecule is Cl.O=C(CCCc1ccc(F)cc1)[C@H]1CNC[C@@H]1C(=O)NCCc1ccc(F)cc1. The summed E-state index contributed by atoms with van der Waals surface area (Å²) in [5.41, 5.74) is 1.95. The van der Waals surface area contributed by atoms with E-state index in [-0.39, 0.29) is 47.6 Å². The highest BCUT2D eigenvalue weighted by atomic mass is 35.5. The van der Waals surface area contributed by atoms with Crippen LogP contribution in [0.4, 0.5) is 8.78 Å². The van der Waals surface area contributed by atoms with Crippen molar-refractivity contribution < 1.29 is 18.4 Å². The van der Waals surface area contributed by atoms with E-state index in [1.807, 2.05) is 0 Å². The maximum Gasteiger partial charge on any atom is 0.225 e. The average Bonchev–Trinajstić information content (AvgIpc) is 3.21. The number of hydrogen-bond acceptors (Lipinski definition) is 3. The molecule has 30 heavy (non-hydrogen) atoms. The van der Waals surface area contributed by atoms with Crippen LogP contribution in [0.25, 0.3) is 0 Å². The zero-order valence-corrected chi connectivity index (χ0v) is 17.5. The van der Waals surface area contributed by atoms with Gasteiger partial charge in [0.25, 0.3) is 0 Å². The molecule has 2 atom stereocenters. The standard InChI is InChI=1S/C23H26F2N2O2.ClH/c24-18-8-4-16(5-9-18)2-1-3-22(28)20-14-26-15-21(20)23(29)27-13-12-17-6-10-19(25)11-7-17;/h4-11,20-21,26H,1-3,12-15H2,(H,27,29);1H/t20-,21-;/m0./s1. The third kappa shape index (κ3) is 6.89. The molecule has 0 saturated carbocycles. The fourth-order valence-corrected chi connectivity index (χ4v) is 3.71. The summed E-state index contributed by atoms with van der Waals surface area (Å²) in [6, 6.07) is 12.5. The molecule has 1 fully saturated rings. The van der Waals surface area contributed by atoms with Crippen LogP contribution in [0.3, 0.4) is 0 Å². The lowest BCUT2D eigenvalue weighted by Crippen LogP contribution is -2.38. The number of nitrogens with one attached hydrogen (secondary N) is 2. The van der Waals surface area contributed by atoms with Crippen molar-refractivity contribution in [2.45, 2.75) is 25.7 Å². The van der Waals surface area contributed by atoms with E-state index in [2.05, 4.69) is 10.6 Å². The summed E-state index contributed by atoms with van der Waals surface area (Å²) in [7, 11) is 0. The lowest BCUT2D eigenvalue weighted by molar-refractivity contribution is -0.131. The van der Waals surface area contributed by atoms with Crippen LogP contribution < -0.4 is 10.6 Å². The molecule has 1 saturated heterocycles. The van der Waals surface area contributed by atoms with E-state index in [0.717, 1.165) is 11.1 Å². The highest BCUT2D eigenvalue weighted by Crippen LogP contribution is 2.21. The molecule has 0 spiro atoms. The number of benzene rings is 2. The third-order valence-corrected chi connectivity index (χ3v) is 5.39. The van der Waals surface area contributed by atoms with E-state index in [1.54, 1.807) is 24.3 Å². The maximum atomic E-state index is 12.9. The van der Waals surface area contributed by atoms with Crippen LogP contribution in [0.1, 0.15) is 24.0 Å². The van der Waals surface area contributed by atoms with Crippen molar-refractivity contribution in [1.82, 2.24) is 10.6 Å². The van der Waals surface area contributed by atoms with Gasteiger partial charge < -0.3 is 10.6 Å². The molecule has 1 aliphatic heterocycles. The Morgan fingerprint density at radius 3 is 2.00 bits per heavy atom. The molecule has 0 radical (unpaired) electrons. The summed E-state index contributed by atoms with van der Waals surface area (Å²) in [5, 5.41) is 6.05. The number of aryl methyl sites for hydroxylation is 1. The number of Topliss-reactive ketones (excluding diaryl/α,β-unsaturated/α-hetero) is 1. The summed E-state index contributed by atoms with van der Waals surface area (Å²) >= 11 is 0. The first-order valence-corrected chi connectivity index (χ1v) is 10.0. The van der Waals surface area contributed by atoms with Crippen LogP contribution in [0.15, 0.2) is 48.5 Å². The second-order valence-corrected chi connectivity index (χ2v) is 7.49. The first kappa shape index (κ1) is 24.0. The minimum Gasteiger partial charge on any atom is -0.355 e. The second-order valence-electron chi connectivity index (χ2n) is 7.49. The normalized spacial score (nSPS) is 17.9. The molecule has 0 bridgehead atoms. The Hall–Kier alpha value is -2.31. The quantitative estimate of drug-likeness (QED) is 0.632. The van der Waals surface area contributed by atoms with Crippen molar-refractivity contribution in [2.24, 2.45) is 11.8 Å².